The molecule has 10 nitrogen and oxygen atoms in total. The number of benzene rings is 4. The summed E-state index contributed by atoms with van der Waals surface area (Å²) >= 11 is 0. The Morgan fingerprint density at radius 3 is 2.27 bits per heavy atom. The summed E-state index contributed by atoms with van der Waals surface area (Å²) in [5, 5.41) is 75.5. The van der Waals surface area contributed by atoms with Gasteiger partial charge in [-0.15, -0.1) is 0 Å². The van der Waals surface area contributed by atoms with E-state index < -0.39 is 73.7 Å². The standard InChI is InChI=1S/C85H103NO9/c1-51-59-20-19-55(34-59)33-53-13-9-14-54(32-53)35-67-39-64-38-63-36-61(57-15-7-4-8-16-57)22-23-70(63)81(64)48-79(49-88)74-27-30-80-47-78(28-25-56(43-78)31-52-11-5-3-6-12-52)29-26-58-17-10-18-62(46-87)68(58)41-73(86-2)69-40-65(82(80,50-89)72-42-75(90)95-76(69)72)45-84(80,92)83(74,91)44-66-37-60(51)21-24-71(77(81)94-67)85(66,79)93/h3-18,32,42,49,51,55-56,59-61,63-67,69-71,73-74,76-77,86-87,89,91-93H,19-25,27-28,30-31,33-41,43-48,50H2,1-2H3. The first-order valence-corrected chi connectivity index (χ1v) is 38.0. The maximum atomic E-state index is 16.3. The number of rotatable bonds is 7. The molecule has 3 heterocycles. The monoisotopic (exact) mass is 1280 g/mol. The van der Waals surface area contributed by atoms with Crippen molar-refractivity contribution in [3.8, 4) is 11.8 Å². The lowest BCUT2D eigenvalue weighted by atomic mass is 9.31. The summed E-state index contributed by atoms with van der Waals surface area (Å²) in [5.41, 5.74) is -1.64. The highest BCUT2D eigenvalue weighted by Gasteiger charge is 2.88. The molecule has 95 heavy (non-hydrogen) atoms. The fourth-order valence-corrected chi connectivity index (χ4v) is 28.5. The number of aliphatic hydroxyl groups excluding tert-OH is 2. The van der Waals surface area contributed by atoms with Crippen LogP contribution in [0.4, 0.5) is 0 Å². The van der Waals surface area contributed by atoms with Gasteiger partial charge in [0.25, 0.3) is 0 Å². The second-order valence-electron chi connectivity index (χ2n) is 35.1. The molecule has 3 spiro atoms. The molecule has 10 heteroatoms. The molecular formula is C85H103NO9. The molecule has 0 radical (unpaired) electrons. The molecule has 12 bridgehead atoms. The van der Waals surface area contributed by atoms with Crippen molar-refractivity contribution in [1.82, 2.24) is 5.32 Å². The Bertz CT molecular complexity index is 3770. The van der Waals surface area contributed by atoms with Crippen LogP contribution in [0.15, 0.2) is 115 Å². The van der Waals surface area contributed by atoms with Gasteiger partial charge < -0.3 is 45.1 Å². The van der Waals surface area contributed by atoms with Crippen LogP contribution in [-0.2, 0) is 51.4 Å². The van der Waals surface area contributed by atoms with Gasteiger partial charge >= 0.3 is 5.97 Å². The van der Waals surface area contributed by atoms with Crippen molar-refractivity contribution in [3.05, 3.63) is 154 Å². The van der Waals surface area contributed by atoms with Gasteiger partial charge in [0.15, 0.2) is 0 Å². The van der Waals surface area contributed by atoms with E-state index >= 15 is 20.1 Å². The summed E-state index contributed by atoms with van der Waals surface area (Å²) in [5.74, 6) is 8.35. The van der Waals surface area contributed by atoms with E-state index in [-0.39, 0.29) is 79.8 Å². The van der Waals surface area contributed by atoms with Crippen molar-refractivity contribution in [2.45, 2.75) is 221 Å². The second kappa shape index (κ2) is 22.5. The maximum absolute atomic E-state index is 16.3. The van der Waals surface area contributed by atoms with E-state index in [9.17, 15) is 15.0 Å². The third-order valence-corrected chi connectivity index (χ3v) is 32.0. The fraction of sp³-hybridized carbons (Fsp3) is 0.647. The number of likely N-dealkylation sites (N-methyl/N-ethyl adjacent to an activating group) is 1. The Balaban J connectivity index is 0.843. The van der Waals surface area contributed by atoms with Gasteiger partial charge in [0, 0.05) is 57.1 Å². The average molecular weight is 1280 g/mol. The highest BCUT2D eigenvalue weighted by Crippen LogP contribution is 2.84. The lowest BCUT2D eigenvalue weighted by Gasteiger charge is -2.76. The summed E-state index contributed by atoms with van der Waals surface area (Å²) in [7, 11) is 1.97. The molecule has 502 valence electrons. The zero-order valence-corrected chi connectivity index (χ0v) is 56.3. The van der Waals surface area contributed by atoms with Crippen LogP contribution >= 0.6 is 0 Å². The minimum Gasteiger partial charge on any atom is -0.454 e. The highest BCUT2D eigenvalue weighted by molar-refractivity contribution is 5.87. The van der Waals surface area contributed by atoms with Gasteiger partial charge in [-0.25, -0.2) is 4.79 Å². The van der Waals surface area contributed by atoms with E-state index in [4.69, 9.17) is 9.47 Å². The summed E-state index contributed by atoms with van der Waals surface area (Å²) < 4.78 is 14.8. The van der Waals surface area contributed by atoms with Crippen molar-refractivity contribution < 1.29 is 44.6 Å². The van der Waals surface area contributed by atoms with Gasteiger partial charge in [0.1, 0.15) is 18.0 Å². The Morgan fingerprint density at radius 1 is 0.705 bits per heavy atom. The minimum atomic E-state index is -1.92. The number of fused-ring (bicyclic) bond motifs is 12. The normalized spacial score (nSPS) is 47.8. The molecule has 10 saturated carbocycles. The number of nitrogens with one attached hydrogen (secondary N) is 1. The molecule has 3 aliphatic heterocycles. The first-order chi connectivity index (χ1) is 46.1. The molecule has 12 aliphatic carbocycles. The molecule has 15 aliphatic rings. The SMILES string of the molecule is CNC1Cc2c(cccc2CO)C#CC2(CCC(Cc3ccccc3)C2)CC23CCC4C(O)(CC5CC6CCC7C8OC(Cc9cccc(c9)CC9CCC(C9)C6C)CC6CC9CC(c%10ccccc%10)CCC9C68CC4(C=O)C57O)C2(O)CC2CC1C1OC(=O)C=C1C23CO. The Labute approximate surface area is 563 Å². The van der Waals surface area contributed by atoms with Crippen molar-refractivity contribution in [1.29, 1.82) is 0 Å². The van der Waals surface area contributed by atoms with Gasteiger partial charge in [-0.05, 0) is 278 Å². The van der Waals surface area contributed by atoms with Crippen LogP contribution in [0.3, 0.4) is 0 Å². The van der Waals surface area contributed by atoms with Gasteiger partial charge in [0.2, 0.25) is 0 Å². The van der Waals surface area contributed by atoms with E-state index in [0.29, 0.717) is 74.5 Å². The van der Waals surface area contributed by atoms with Gasteiger partial charge in [-0.1, -0.05) is 116 Å². The number of aliphatic hydroxyl groups is 5. The van der Waals surface area contributed by atoms with E-state index in [1.807, 2.05) is 19.2 Å². The molecule has 0 amide bonds. The number of carbonyl (C=O) groups excluding carboxylic acids is 2. The predicted molar refractivity (Wildman–Crippen MR) is 364 cm³/mol. The molecule has 19 rings (SSSR count). The number of carbonyl (C=O) groups is 2. The quantitative estimate of drug-likeness (QED) is 0.0596. The van der Waals surface area contributed by atoms with Crippen LogP contribution in [0, 0.1) is 116 Å². The van der Waals surface area contributed by atoms with E-state index in [0.717, 1.165) is 106 Å². The third-order valence-electron chi connectivity index (χ3n) is 32.0. The van der Waals surface area contributed by atoms with E-state index in [1.165, 1.54) is 47.8 Å². The smallest absolute Gasteiger partial charge is 0.331 e. The minimum absolute atomic E-state index is 0.0428. The van der Waals surface area contributed by atoms with E-state index in [1.54, 1.807) is 6.08 Å². The Hall–Kier alpha value is -4.96. The summed E-state index contributed by atoms with van der Waals surface area (Å²) in [6, 6.07) is 37.2. The molecule has 26 atom stereocenters. The number of ether oxygens (including phenoxy) is 2. The Kier molecular flexibility index (Phi) is 14.8. The van der Waals surface area contributed by atoms with Crippen molar-refractivity contribution in [3.63, 3.8) is 0 Å². The average Bonchev–Trinajstić information content (AvgIpc) is 1.55. The van der Waals surface area contributed by atoms with Crippen LogP contribution in [0.1, 0.15) is 187 Å². The maximum Gasteiger partial charge on any atom is 0.331 e. The number of hydrogen-bond donors (Lipinski definition) is 6. The molecule has 4 aromatic rings. The topological polar surface area (TPSA) is 166 Å². The van der Waals surface area contributed by atoms with Gasteiger partial charge in [-0.3, -0.25) is 0 Å². The first-order valence-electron chi connectivity index (χ1n) is 38.0. The van der Waals surface area contributed by atoms with Crippen LogP contribution < -0.4 is 5.32 Å². The molecule has 26 unspecified atom stereocenters. The van der Waals surface area contributed by atoms with Gasteiger partial charge in [0.05, 0.1) is 42.0 Å². The molecule has 4 aromatic carbocycles. The summed E-state index contributed by atoms with van der Waals surface area (Å²) in [6.45, 7) is 2.01. The zero-order valence-electron chi connectivity index (χ0n) is 56.3. The fourth-order valence-electron chi connectivity index (χ4n) is 28.5. The largest absolute Gasteiger partial charge is 0.454 e. The molecule has 1 saturated heterocycles. The van der Waals surface area contributed by atoms with E-state index in [2.05, 4.69) is 115 Å². The zero-order chi connectivity index (χ0) is 64.7. The molecule has 6 N–H and O–H groups in total. The lowest BCUT2D eigenvalue weighted by Crippen LogP contribution is -2.84. The number of aldehydes is 1. The lowest BCUT2D eigenvalue weighted by molar-refractivity contribution is -0.374. The van der Waals surface area contributed by atoms with Crippen LogP contribution in [0.2, 0.25) is 0 Å². The summed E-state index contributed by atoms with van der Waals surface area (Å²) in [6.07, 6.45) is 20.9. The van der Waals surface area contributed by atoms with Crippen LogP contribution in [0.5, 0.6) is 0 Å². The summed E-state index contributed by atoms with van der Waals surface area (Å²) in [4.78, 5) is 30.9. The highest BCUT2D eigenvalue weighted by atomic mass is 16.5. The number of hydrogen-bond acceptors (Lipinski definition) is 10. The Morgan fingerprint density at radius 2 is 1.47 bits per heavy atom. The molecular weight excluding hydrogens is 1180 g/mol. The van der Waals surface area contributed by atoms with Gasteiger partial charge in [-0.2, -0.15) is 0 Å². The van der Waals surface area contributed by atoms with Crippen molar-refractivity contribution in [2.24, 2.45) is 104 Å². The van der Waals surface area contributed by atoms with Crippen molar-refractivity contribution >= 4 is 12.3 Å². The van der Waals surface area contributed by atoms with Crippen LogP contribution in [-0.4, -0.2) is 92.6 Å². The number of esters is 1. The predicted octanol–water partition coefficient (Wildman–Crippen LogP) is 12.8. The van der Waals surface area contributed by atoms with Crippen molar-refractivity contribution in [2.75, 3.05) is 13.7 Å². The van der Waals surface area contributed by atoms with Crippen LogP contribution in [0.25, 0.3) is 0 Å². The first kappa shape index (κ1) is 62.3. The molecule has 0 aromatic heterocycles. The molecule has 11 fully saturated rings. The second-order valence-corrected chi connectivity index (χ2v) is 35.1. The third kappa shape index (κ3) is 8.66.